The van der Waals surface area contributed by atoms with Crippen LogP contribution in [-0.2, 0) is 23.2 Å². The Hall–Kier alpha value is -0.800. The van der Waals surface area contributed by atoms with E-state index in [0.29, 0.717) is 8.66 Å². The molecule has 20 heavy (non-hydrogen) atoms. The number of aliphatic hydroxyl groups excluding tert-OH is 1. The molecule has 0 amide bonds. The number of thiophene rings is 1. The molecule has 0 atom stereocenters. The van der Waals surface area contributed by atoms with E-state index < -0.39 is 10.0 Å². The van der Waals surface area contributed by atoms with Crippen LogP contribution in [0.4, 0.5) is 0 Å². The number of hydrogen-bond donors (Lipinski definition) is 1. The zero-order valence-electron chi connectivity index (χ0n) is 10.7. The van der Waals surface area contributed by atoms with E-state index in [1.165, 1.54) is 28.8 Å². The van der Waals surface area contributed by atoms with Crippen molar-refractivity contribution in [3.8, 4) is 0 Å². The van der Waals surface area contributed by atoms with Gasteiger partial charge in [-0.25, -0.2) is 8.42 Å². The van der Waals surface area contributed by atoms with Gasteiger partial charge in [0, 0.05) is 30.9 Å². The third-order valence-electron chi connectivity index (χ3n) is 2.71. The lowest BCUT2D eigenvalue weighted by Crippen LogP contribution is -2.26. The minimum absolute atomic E-state index is 0.174. The Labute approximate surface area is 130 Å². The first-order chi connectivity index (χ1) is 9.45. The van der Waals surface area contributed by atoms with Gasteiger partial charge in [0.05, 0.1) is 10.4 Å². The molecule has 0 unspecified atom stereocenters. The molecule has 2 rings (SSSR count). The van der Waals surface area contributed by atoms with Crippen molar-refractivity contribution in [2.75, 3.05) is 7.05 Å². The molecule has 5 nitrogen and oxygen atoms in total. The van der Waals surface area contributed by atoms with Crippen LogP contribution >= 0.6 is 27.3 Å². The van der Waals surface area contributed by atoms with Gasteiger partial charge < -0.3 is 5.11 Å². The monoisotopic (exact) mass is 376 g/mol. The highest BCUT2D eigenvalue weighted by Gasteiger charge is 2.25. The molecule has 0 aromatic carbocycles. The minimum Gasteiger partial charge on any atom is -0.391 e. The lowest BCUT2D eigenvalue weighted by atomic mass is 10.3. The van der Waals surface area contributed by atoms with Crippen LogP contribution in [0.5, 0.6) is 0 Å². The first kappa shape index (κ1) is 15.6. The van der Waals surface area contributed by atoms with Gasteiger partial charge in [-0.2, -0.15) is 4.31 Å². The zero-order chi connectivity index (χ0) is 14.8. The van der Waals surface area contributed by atoms with Gasteiger partial charge in [0.2, 0.25) is 10.0 Å². The van der Waals surface area contributed by atoms with Crippen LogP contribution in [0.3, 0.4) is 0 Å². The predicted molar refractivity (Wildman–Crippen MR) is 80.8 cm³/mol. The number of halogens is 1. The van der Waals surface area contributed by atoms with E-state index >= 15 is 0 Å². The summed E-state index contributed by atoms with van der Waals surface area (Å²) in [6.45, 7) is 0.0917. The second-order valence-electron chi connectivity index (χ2n) is 4.13. The number of hydrogen-bond acceptors (Lipinski definition) is 5. The Morgan fingerprint density at radius 1 is 1.40 bits per heavy atom. The Bertz CT molecular complexity index is 686. The molecule has 2 heterocycles. The SMILES string of the molecule is CN(Cc1ccncc1)S(=O)(=O)c1cc(CO)sc1Br. The van der Waals surface area contributed by atoms with E-state index in [4.69, 9.17) is 5.11 Å². The lowest BCUT2D eigenvalue weighted by molar-refractivity contribution is 0.285. The summed E-state index contributed by atoms with van der Waals surface area (Å²) in [7, 11) is -2.07. The van der Waals surface area contributed by atoms with Crippen LogP contribution in [0.2, 0.25) is 0 Å². The normalized spacial score (nSPS) is 12.0. The quantitative estimate of drug-likeness (QED) is 0.868. The number of pyridine rings is 1. The van der Waals surface area contributed by atoms with Gasteiger partial charge in [0.1, 0.15) is 4.90 Å². The van der Waals surface area contributed by atoms with Gasteiger partial charge in [-0.05, 0) is 39.7 Å². The van der Waals surface area contributed by atoms with Crippen molar-refractivity contribution in [2.45, 2.75) is 18.0 Å². The summed E-state index contributed by atoms with van der Waals surface area (Å²) < 4.78 is 26.8. The van der Waals surface area contributed by atoms with Gasteiger partial charge in [-0.15, -0.1) is 11.3 Å². The summed E-state index contributed by atoms with van der Waals surface area (Å²) in [6.07, 6.45) is 3.25. The van der Waals surface area contributed by atoms with Crippen molar-refractivity contribution in [1.82, 2.24) is 9.29 Å². The molecule has 0 spiro atoms. The van der Waals surface area contributed by atoms with Gasteiger partial charge in [-0.3, -0.25) is 4.98 Å². The largest absolute Gasteiger partial charge is 0.391 e. The summed E-state index contributed by atoms with van der Waals surface area (Å²) in [6, 6.07) is 5.04. The summed E-state index contributed by atoms with van der Waals surface area (Å²) >= 11 is 4.45. The van der Waals surface area contributed by atoms with Crippen LogP contribution in [0.1, 0.15) is 10.4 Å². The molecule has 8 heteroatoms. The summed E-state index contributed by atoms with van der Waals surface area (Å²) in [5.41, 5.74) is 0.861. The third kappa shape index (κ3) is 3.26. The highest BCUT2D eigenvalue weighted by Crippen LogP contribution is 2.33. The van der Waals surface area contributed by atoms with E-state index in [1.54, 1.807) is 24.5 Å². The molecule has 0 aliphatic carbocycles. The predicted octanol–water partition coefficient (Wildman–Crippen LogP) is 2.22. The number of aromatic nitrogens is 1. The Morgan fingerprint density at radius 2 is 2.05 bits per heavy atom. The molecule has 1 N–H and O–H groups in total. The lowest BCUT2D eigenvalue weighted by Gasteiger charge is -2.16. The third-order valence-corrected chi connectivity index (χ3v) is 6.75. The molecule has 2 aromatic heterocycles. The molecular weight excluding hydrogens is 364 g/mol. The first-order valence-electron chi connectivity index (χ1n) is 5.69. The molecule has 0 aliphatic rings. The van der Waals surface area contributed by atoms with Crippen LogP contribution in [0, 0.1) is 0 Å². The second-order valence-corrected chi connectivity index (χ2v) is 8.59. The highest BCUT2D eigenvalue weighted by molar-refractivity contribution is 9.11. The maximum atomic E-state index is 12.5. The van der Waals surface area contributed by atoms with Gasteiger partial charge in [0.25, 0.3) is 0 Å². The van der Waals surface area contributed by atoms with Crippen LogP contribution in [0.25, 0.3) is 0 Å². The molecular formula is C12H13BrN2O3S2. The fraction of sp³-hybridized carbons (Fsp3) is 0.250. The number of sulfonamides is 1. The molecule has 108 valence electrons. The standard InChI is InChI=1S/C12H13BrN2O3S2/c1-15(7-9-2-4-14-5-3-9)20(17,18)11-6-10(8-16)19-12(11)13/h2-6,16H,7-8H2,1H3. The van der Waals surface area contributed by atoms with Crippen LogP contribution < -0.4 is 0 Å². The average molecular weight is 377 g/mol. The molecule has 2 aromatic rings. The molecule has 0 bridgehead atoms. The van der Waals surface area contributed by atoms with Crippen molar-refractivity contribution in [3.63, 3.8) is 0 Å². The van der Waals surface area contributed by atoms with E-state index in [2.05, 4.69) is 20.9 Å². The highest BCUT2D eigenvalue weighted by atomic mass is 79.9. The Kier molecular flexibility index (Phi) is 4.92. The summed E-state index contributed by atoms with van der Waals surface area (Å²) in [4.78, 5) is 4.69. The van der Waals surface area contributed by atoms with Crippen molar-refractivity contribution < 1.29 is 13.5 Å². The molecule has 0 saturated carbocycles. The van der Waals surface area contributed by atoms with E-state index in [1.807, 2.05) is 0 Å². The smallest absolute Gasteiger partial charge is 0.245 e. The molecule has 0 radical (unpaired) electrons. The van der Waals surface area contributed by atoms with Crippen LogP contribution in [0.15, 0.2) is 39.3 Å². The fourth-order valence-electron chi connectivity index (χ4n) is 1.65. The number of nitrogens with zero attached hydrogens (tertiary/aromatic N) is 2. The second kappa shape index (κ2) is 6.31. The van der Waals surface area contributed by atoms with Gasteiger partial charge in [-0.1, -0.05) is 0 Å². The van der Waals surface area contributed by atoms with Crippen molar-refractivity contribution >= 4 is 37.3 Å². The Morgan fingerprint density at radius 3 is 2.60 bits per heavy atom. The average Bonchev–Trinajstić information content (AvgIpc) is 2.82. The first-order valence-corrected chi connectivity index (χ1v) is 8.74. The Balaban J connectivity index is 2.27. The van der Waals surface area contributed by atoms with E-state index in [0.717, 1.165) is 5.56 Å². The molecule has 0 fully saturated rings. The van der Waals surface area contributed by atoms with Crippen LogP contribution in [-0.4, -0.2) is 29.9 Å². The van der Waals surface area contributed by atoms with Crippen molar-refractivity contribution in [2.24, 2.45) is 0 Å². The maximum absolute atomic E-state index is 12.5. The van der Waals surface area contributed by atoms with Gasteiger partial charge in [0.15, 0.2) is 0 Å². The van der Waals surface area contributed by atoms with E-state index in [-0.39, 0.29) is 18.0 Å². The van der Waals surface area contributed by atoms with E-state index in [9.17, 15) is 8.42 Å². The molecule has 0 aliphatic heterocycles. The van der Waals surface area contributed by atoms with Gasteiger partial charge >= 0.3 is 0 Å². The zero-order valence-corrected chi connectivity index (χ0v) is 13.9. The minimum atomic E-state index is -3.59. The van der Waals surface area contributed by atoms with Crippen molar-refractivity contribution in [1.29, 1.82) is 0 Å². The summed E-state index contributed by atoms with van der Waals surface area (Å²) in [5, 5.41) is 9.09. The fourth-order valence-corrected chi connectivity index (χ4v) is 5.30. The topological polar surface area (TPSA) is 70.5 Å². The molecule has 0 saturated heterocycles. The summed E-state index contributed by atoms with van der Waals surface area (Å²) in [5.74, 6) is 0. The number of rotatable bonds is 5. The number of aliphatic hydroxyl groups is 1. The maximum Gasteiger partial charge on any atom is 0.245 e. The van der Waals surface area contributed by atoms with Crippen molar-refractivity contribution in [3.05, 3.63) is 44.8 Å².